The molecule has 1 aromatic carbocycles. The Balaban J connectivity index is 2.09. The number of nitrogens with two attached hydrogens (primary N) is 2. The topological polar surface area (TPSA) is 129 Å². The second-order valence-corrected chi connectivity index (χ2v) is 3.80. The molecular weight excluding hydrogens is 248 g/mol. The highest BCUT2D eigenvalue weighted by Gasteiger charge is 2.08. The number of amides is 3. The van der Waals surface area contributed by atoms with Gasteiger partial charge in [-0.1, -0.05) is 0 Å². The molecule has 5 N–H and O–H groups in total. The van der Waals surface area contributed by atoms with Gasteiger partial charge in [0.2, 0.25) is 5.91 Å². The number of benzene rings is 1. The molecule has 0 aliphatic carbocycles. The summed E-state index contributed by atoms with van der Waals surface area (Å²) in [6.45, 7) is -0.134. The van der Waals surface area contributed by atoms with Crippen molar-refractivity contribution in [3.8, 4) is 11.4 Å². The predicted molar refractivity (Wildman–Crippen MR) is 67.6 cm³/mol. The van der Waals surface area contributed by atoms with Gasteiger partial charge in [-0.2, -0.15) is 5.10 Å². The molecule has 2 rings (SSSR count). The van der Waals surface area contributed by atoms with E-state index in [9.17, 15) is 9.59 Å². The molecule has 0 fully saturated rings. The van der Waals surface area contributed by atoms with E-state index in [4.69, 9.17) is 11.5 Å². The van der Waals surface area contributed by atoms with E-state index >= 15 is 0 Å². The Labute approximate surface area is 108 Å². The third kappa shape index (κ3) is 3.28. The van der Waals surface area contributed by atoms with E-state index in [2.05, 4.69) is 10.1 Å². The molecule has 0 unspecified atom stereocenters. The van der Waals surface area contributed by atoms with Crippen molar-refractivity contribution in [2.75, 3.05) is 5.73 Å². The molecule has 0 spiro atoms. The Morgan fingerprint density at radius 3 is 2.58 bits per heavy atom. The summed E-state index contributed by atoms with van der Waals surface area (Å²) in [4.78, 5) is 25.9. The number of nitrogens with one attached hydrogen (secondary N) is 1. The number of imide groups is 1. The normalized spacial score (nSPS) is 10.1. The number of aromatic nitrogens is 3. The molecule has 1 heterocycles. The summed E-state index contributed by atoms with van der Waals surface area (Å²) < 4.78 is 1.31. The van der Waals surface area contributed by atoms with E-state index in [0.717, 1.165) is 5.56 Å². The van der Waals surface area contributed by atoms with Gasteiger partial charge in [0.15, 0.2) is 5.82 Å². The monoisotopic (exact) mass is 260 g/mol. The summed E-state index contributed by atoms with van der Waals surface area (Å²) >= 11 is 0. The lowest BCUT2D eigenvalue weighted by molar-refractivity contribution is -0.120. The van der Waals surface area contributed by atoms with Crippen molar-refractivity contribution in [1.82, 2.24) is 20.1 Å². The molecule has 0 radical (unpaired) electrons. The van der Waals surface area contributed by atoms with Crippen molar-refractivity contribution in [3.63, 3.8) is 0 Å². The Morgan fingerprint density at radius 1 is 1.26 bits per heavy atom. The number of hydrogen-bond acceptors (Lipinski definition) is 5. The lowest BCUT2D eigenvalue weighted by Crippen LogP contribution is -2.37. The van der Waals surface area contributed by atoms with Crippen molar-refractivity contribution in [3.05, 3.63) is 30.6 Å². The maximum Gasteiger partial charge on any atom is 0.318 e. The van der Waals surface area contributed by atoms with Crippen LogP contribution in [0.15, 0.2) is 30.6 Å². The van der Waals surface area contributed by atoms with Gasteiger partial charge in [-0.05, 0) is 24.3 Å². The molecule has 3 amide bonds. The number of carbonyl (C=O) groups is 2. The first-order valence-electron chi connectivity index (χ1n) is 5.39. The standard InChI is InChI=1S/C11H12N6O2/c12-8-3-1-7(2-4-8)10-14-6-17(16-10)5-9(18)15-11(13)19/h1-4,6H,5,12H2,(H3,13,15,18,19). The van der Waals surface area contributed by atoms with Crippen LogP contribution in [0, 0.1) is 0 Å². The van der Waals surface area contributed by atoms with Crippen LogP contribution in [-0.4, -0.2) is 26.7 Å². The van der Waals surface area contributed by atoms with E-state index in [-0.39, 0.29) is 6.54 Å². The SMILES string of the molecule is NC(=O)NC(=O)Cn1cnc(-c2ccc(N)cc2)n1. The minimum absolute atomic E-state index is 0.134. The van der Waals surface area contributed by atoms with Crippen LogP contribution in [0.5, 0.6) is 0 Å². The van der Waals surface area contributed by atoms with Gasteiger partial charge in [-0.3, -0.25) is 10.1 Å². The van der Waals surface area contributed by atoms with Crippen LogP contribution in [0.2, 0.25) is 0 Å². The number of nitrogens with zero attached hydrogens (tertiary/aromatic N) is 3. The summed E-state index contributed by atoms with van der Waals surface area (Å²) in [5.41, 5.74) is 11.8. The van der Waals surface area contributed by atoms with Gasteiger partial charge in [0.25, 0.3) is 0 Å². The highest BCUT2D eigenvalue weighted by molar-refractivity contribution is 5.93. The van der Waals surface area contributed by atoms with Crippen LogP contribution in [0.4, 0.5) is 10.5 Å². The number of rotatable bonds is 3. The Bertz CT molecular complexity index is 604. The summed E-state index contributed by atoms with van der Waals surface area (Å²) in [6.07, 6.45) is 1.40. The maximum atomic E-state index is 11.3. The molecular formula is C11H12N6O2. The lowest BCUT2D eigenvalue weighted by Gasteiger charge is -2.00. The van der Waals surface area contributed by atoms with Crippen LogP contribution >= 0.6 is 0 Å². The first-order valence-corrected chi connectivity index (χ1v) is 5.39. The maximum absolute atomic E-state index is 11.3. The summed E-state index contributed by atoms with van der Waals surface area (Å²) in [6, 6.07) is 6.12. The number of carbonyl (C=O) groups excluding carboxylic acids is 2. The molecule has 0 atom stereocenters. The fourth-order valence-corrected chi connectivity index (χ4v) is 1.46. The van der Waals surface area contributed by atoms with Crippen LogP contribution in [-0.2, 0) is 11.3 Å². The minimum atomic E-state index is -0.899. The van der Waals surface area contributed by atoms with Crippen molar-refractivity contribution in [1.29, 1.82) is 0 Å². The van der Waals surface area contributed by atoms with Crippen molar-refractivity contribution < 1.29 is 9.59 Å². The van der Waals surface area contributed by atoms with Crippen LogP contribution in [0.25, 0.3) is 11.4 Å². The first-order chi connectivity index (χ1) is 9.04. The number of urea groups is 1. The fourth-order valence-electron chi connectivity index (χ4n) is 1.46. The molecule has 0 saturated carbocycles. The second kappa shape index (κ2) is 5.17. The molecule has 98 valence electrons. The predicted octanol–water partition coefficient (Wildman–Crippen LogP) is -0.278. The third-order valence-electron chi connectivity index (χ3n) is 2.27. The lowest BCUT2D eigenvalue weighted by atomic mass is 10.2. The van der Waals surface area contributed by atoms with Crippen LogP contribution in [0.3, 0.4) is 0 Å². The molecule has 19 heavy (non-hydrogen) atoms. The van der Waals surface area contributed by atoms with Crippen molar-refractivity contribution in [2.24, 2.45) is 5.73 Å². The van der Waals surface area contributed by atoms with Crippen molar-refractivity contribution >= 4 is 17.6 Å². The van der Waals surface area contributed by atoms with Gasteiger partial charge in [0.05, 0.1) is 0 Å². The fraction of sp³-hybridized carbons (Fsp3) is 0.0909. The zero-order valence-electron chi connectivity index (χ0n) is 9.91. The average molecular weight is 260 g/mol. The first kappa shape index (κ1) is 12.6. The number of anilines is 1. The zero-order valence-corrected chi connectivity index (χ0v) is 9.91. The smallest absolute Gasteiger partial charge is 0.318 e. The quantitative estimate of drug-likeness (QED) is 0.654. The number of primary amides is 1. The minimum Gasteiger partial charge on any atom is -0.399 e. The second-order valence-electron chi connectivity index (χ2n) is 3.80. The Morgan fingerprint density at radius 2 is 1.95 bits per heavy atom. The van der Waals surface area contributed by atoms with Gasteiger partial charge >= 0.3 is 6.03 Å². The van der Waals surface area contributed by atoms with Gasteiger partial charge in [0.1, 0.15) is 12.9 Å². The van der Waals surface area contributed by atoms with E-state index in [1.165, 1.54) is 11.0 Å². The van der Waals surface area contributed by atoms with Crippen molar-refractivity contribution in [2.45, 2.75) is 6.54 Å². The summed E-state index contributed by atoms with van der Waals surface area (Å²) in [5.74, 6) is -0.0897. The largest absolute Gasteiger partial charge is 0.399 e. The third-order valence-corrected chi connectivity index (χ3v) is 2.27. The number of nitrogen functional groups attached to an aromatic ring is 1. The Kier molecular flexibility index (Phi) is 3.42. The molecule has 0 aliphatic heterocycles. The Hall–Kier alpha value is -2.90. The van der Waals surface area contributed by atoms with Crippen LogP contribution in [0.1, 0.15) is 0 Å². The van der Waals surface area contributed by atoms with Crippen LogP contribution < -0.4 is 16.8 Å². The summed E-state index contributed by atoms with van der Waals surface area (Å²) in [5, 5.41) is 6.05. The van der Waals surface area contributed by atoms with Gasteiger partial charge in [-0.25, -0.2) is 14.5 Å². The molecule has 8 nitrogen and oxygen atoms in total. The summed E-state index contributed by atoms with van der Waals surface area (Å²) in [7, 11) is 0. The molecule has 8 heteroatoms. The highest BCUT2D eigenvalue weighted by Crippen LogP contribution is 2.15. The highest BCUT2D eigenvalue weighted by atomic mass is 16.2. The molecule has 2 aromatic rings. The molecule has 0 bridgehead atoms. The van der Waals surface area contributed by atoms with E-state index in [0.29, 0.717) is 11.5 Å². The molecule has 0 saturated heterocycles. The van der Waals surface area contributed by atoms with Gasteiger partial charge < -0.3 is 11.5 Å². The zero-order chi connectivity index (χ0) is 13.8. The van der Waals surface area contributed by atoms with Gasteiger partial charge in [-0.15, -0.1) is 0 Å². The van der Waals surface area contributed by atoms with E-state index < -0.39 is 11.9 Å². The molecule has 0 aliphatic rings. The molecule has 1 aromatic heterocycles. The van der Waals surface area contributed by atoms with Gasteiger partial charge in [0, 0.05) is 11.3 Å². The van der Waals surface area contributed by atoms with E-state index in [1.54, 1.807) is 24.3 Å². The average Bonchev–Trinajstić information content (AvgIpc) is 2.77. The number of hydrogen-bond donors (Lipinski definition) is 3. The van der Waals surface area contributed by atoms with E-state index in [1.807, 2.05) is 5.32 Å².